The summed E-state index contributed by atoms with van der Waals surface area (Å²) in [6, 6.07) is 6.07. The van der Waals surface area contributed by atoms with Crippen LogP contribution >= 0.6 is 15.9 Å². The van der Waals surface area contributed by atoms with Crippen LogP contribution in [0.4, 0.5) is 0 Å². The number of halogens is 1. The van der Waals surface area contributed by atoms with E-state index in [1.807, 2.05) is 19.1 Å². The number of hydrogen-bond donors (Lipinski definition) is 2. The molecule has 0 saturated heterocycles. The van der Waals surface area contributed by atoms with Gasteiger partial charge >= 0.3 is 0 Å². The summed E-state index contributed by atoms with van der Waals surface area (Å²) in [5.74, 6) is 0.334. The molecule has 2 rings (SSSR count). The number of nitrogens with one attached hydrogen (secondary N) is 2. The minimum absolute atomic E-state index is 0.306. The fraction of sp³-hybridized carbons (Fsp3) is 0.600. The van der Waals surface area contributed by atoms with Crippen molar-refractivity contribution in [2.24, 2.45) is 5.92 Å². The fourth-order valence-corrected chi connectivity index (χ4v) is 4.18. The van der Waals surface area contributed by atoms with E-state index in [-0.39, 0.29) is 0 Å². The smallest absolute Gasteiger partial charge is 0.241 e. The van der Waals surface area contributed by atoms with E-state index < -0.39 is 10.0 Å². The van der Waals surface area contributed by atoms with Gasteiger partial charge in [-0.2, -0.15) is 0 Å². The Labute approximate surface area is 135 Å². The maximum absolute atomic E-state index is 12.3. The Morgan fingerprint density at radius 1 is 1.38 bits per heavy atom. The molecule has 1 fully saturated rings. The summed E-state index contributed by atoms with van der Waals surface area (Å²) >= 11 is 3.38. The van der Waals surface area contributed by atoms with Gasteiger partial charge in [-0.15, -0.1) is 0 Å². The molecule has 1 aromatic carbocycles. The van der Waals surface area contributed by atoms with Gasteiger partial charge in [-0.25, -0.2) is 13.1 Å². The third kappa shape index (κ3) is 5.06. The third-order valence-corrected chi connectivity index (χ3v) is 6.18. The average molecular weight is 375 g/mol. The first-order valence-corrected chi connectivity index (χ1v) is 9.71. The molecule has 4 nitrogen and oxygen atoms in total. The Morgan fingerprint density at radius 2 is 2.10 bits per heavy atom. The highest BCUT2D eigenvalue weighted by molar-refractivity contribution is 9.10. The maximum atomic E-state index is 12.3. The number of rotatable bonds is 8. The van der Waals surface area contributed by atoms with Crippen molar-refractivity contribution in [1.29, 1.82) is 0 Å². The quantitative estimate of drug-likeness (QED) is 0.734. The van der Waals surface area contributed by atoms with Gasteiger partial charge in [-0.3, -0.25) is 0 Å². The Morgan fingerprint density at radius 3 is 2.67 bits per heavy atom. The van der Waals surface area contributed by atoms with Gasteiger partial charge in [0.1, 0.15) is 0 Å². The second kappa shape index (κ2) is 7.22. The fourth-order valence-electron chi connectivity index (χ4n) is 1.90. The topological polar surface area (TPSA) is 58.2 Å². The molecule has 118 valence electrons. The van der Waals surface area contributed by atoms with E-state index in [1.165, 1.54) is 12.8 Å². The third-order valence-electron chi connectivity index (χ3n) is 3.78. The summed E-state index contributed by atoms with van der Waals surface area (Å²) in [6.07, 6.45) is 3.44. The monoisotopic (exact) mass is 374 g/mol. The van der Waals surface area contributed by atoms with E-state index in [0.29, 0.717) is 27.9 Å². The zero-order valence-electron chi connectivity index (χ0n) is 12.5. The lowest BCUT2D eigenvalue weighted by Gasteiger charge is -2.13. The lowest BCUT2D eigenvalue weighted by atomic mass is 10.1. The van der Waals surface area contributed by atoms with Crippen molar-refractivity contribution >= 4 is 26.0 Å². The van der Waals surface area contributed by atoms with Crippen molar-refractivity contribution < 1.29 is 8.42 Å². The van der Waals surface area contributed by atoms with Gasteiger partial charge in [0.05, 0.1) is 4.90 Å². The lowest BCUT2D eigenvalue weighted by Crippen LogP contribution is -2.28. The van der Waals surface area contributed by atoms with Crippen molar-refractivity contribution in [1.82, 2.24) is 10.0 Å². The summed E-state index contributed by atoms with van der Waals surface area (Å²) < 4.78 is 27.9. The molecule has 1 aromatic rings. The molecule has 0 heterocycles. The van der Waals surface area contributed by atoms with Crippen molar-refractivity contribution in [3.8, 4) is 0 Å². The Hall–Kier alpha value is -0.430. The normalized spacial score (nSPS) is 16.9. The van der Waals surface area contributed by atoms with E-state index in [1.54, 1.807) is 6.07 Å². The number of sulfonamides is 1. The first-order chi connectivity index (χ1) is 9.92. The molecule has 21 heavy (non-hydrogen) atoms. The van der Waals surface area contributed by atoms with Crippen LogP contribution < -0.4 is 10.0 Å². The molecule has 1 saturated carbocycles. The molecular weight excluding hydrogens is 352 g/mol. The van der Waals surface area contributed by atoms with E-state index in [0.717, 1.165) is 18.5 Å². The van der Waals surface area contributed by atoms with E-state index in [2.05, 4.69) is 32.9 Å². The molecule has 0 amide bonds. The van der Waals surface area contributed by atoms with Crippen LogP contribution in [0, 0.1) is 5.92 Å². The highest BCUT2D eigenvalue weighted by Crippen LogP contribution is 2.24. The van der Waals surface area contributed by atoms with Gasteiger partial charge in [0.25, 0.3) is 0 Å². The van der Waals surface area contributed by atoms with Crippen molar-refractivity contribution in [2.45, 2.75) is 50.6 Å². The standard InChI is InChI=1S/C15H23BrN2O2S/c1-3-11(2)9-18-21(19,20)15-7-4-12(8-14(15)16)10-17-13-5-6-13/h4,7-8,11,13,17-18H,3,5-6,9-10H2,1-2H3. The van der Waals surface area contributed by atoms with Crippen LogP contribution in [-0.4, -0.2) is 21.0 Å². The number of hydrogen-bond acceptors (Lipinski definition) is 3. The average Bonchev–Trinajstić information content (AvgIpc) is 3.26. The molecule has 1 unspecified atom stereocenters. The van der Waals surface area contributed by atoms with Gasteiger partial charge in [-0.05, 0) is 52.4 Å². The van der Waals surface area contributed by atoms with Crippen LogP contribution in [0.15, 0.2) is 27.6 Å². The van der Waals surface area contributed by atoms with Crippen LogP contribution in [0.25, 0.3) is 0 Å². The van der Waals surface area contributed by atoms with Crippen LogP contribution in [0.1, 0.15) is 38.7 Å². The Kier molecular flexibility index (Phi) is 5.82. The molecule has 0 aliphatic heterocycles. The zero-order valence-corrected chi connectivity index (χ0v) is 14.9. The molecule has 1 aliphatic carbocycles. The molecule has 0 bridgehead atoms. The number of benzene rings is 1. The van der Waals surface area contributed by atoms with Gasteiger partial charge < -0.3 is 5.32 Å². The maximum Gasteiger partial charge on any atom is 0.241 e. The van der Waals surface area contributed by atoms with Crippen LogP contribution in [0.3, 0.4) is 0 Å². The van der Waals surface area contributed by atoms with Gasteiger partial charge in [0, 0.05) is 23.6 Å². The Balaban J connectivity index is 2.04. The Bertz CT molecular complexity index is 585. The van der Waals surface area contributed by atoms with Crippen molar-refractivity contribution in [3.05, 3.63) is 28.2 Å². The van der Waals surface area contributed by atoms with E-state index in [9.17, 15) is 8.42 Å². The summed E-state index contributed by atoms with van der Waals surface area (Å²) in [7, 11) is -3.45. The van der Waals surface area contributed by atoms with Crippen LogP contribution in [-0.2, 0) is 16.6 Å². The van der Waals surface area contributed by atoms with Crippen molar-refractivity contribution in [2.75, 3.05) is 6.54 Å². The molecule has 1 atom stereocenters. The summed E-state index contributed by atoms with van der Waals surface area (Å²) in [5.41, 5.74) is 1.09. The highest BCUT2D eigenvalue weighted by Gasteiger charge is 2.21. The van der Waals surface area contributed by atoms with Gasteiger partial charge in [0.15, 0.2) is 0 Å². The predicted molar refractivity (Wildman–Crippen MR) is 88.6 cm³/mol. The molecule has 6 heteroatoms. The van der Waals surface area contributed by atoms with Crippen molar-refractivity contribution in [3.63, 3.8) is 0 Å². The first-order valence-electron chi connectivity index (χ1n) is 7.44. The summed E-state index contributed by atoms with van der Waals surface area (Å²) in [5, 5.41) is 3.42. The second-order valence-electron chi connectivity index (χ2n) is 5.79. The van der Waals surface area contributed by atoms with Gasteiger partial charge in [-0.1, -0.05) is 26.3 Å². The molecule has 0 radical (unpaired) electrons. The first kappa shape index (κ1) is 16.9. The van der Waals surface area contributed by atoms with Crippen LogP contribution in [0.2, 0.25) is 0 Å². The molecular formula is C15H23BrN2O2S. The lowest BCUT2D eigenvalue weighted by molar-refractivity contribution is 0.528. The van der Waals surface area contributed by atoms with E-state index in [4.69, 9.17) is 0 Å². The zero-order chi connectivity index (χ0) is 15.5. The summed E-state index contributed by atoms with van der Waals surface area (Å²) in [6.45, 7) is 5.33. The van der Waals surface area contributed by atoms with Gasteiger partial charge in [0.2, 0.25) is 10.0 Å². The van der Waals surface area contributed by atoms with Crippen LogP contribution in [0.5, 0.6) is 0 Å². The molecule has 0 aromatic heterocycles. The predicted octanol–water partition coefficient (Wildman–Crippen LogP) is 3.03. The summed E-state index contributed by atoms with van der Waals surface area (Å²) in [4.78, 5) is 0.306. The SMILES string of the molecule is CCC(C)CNS(=O)(=O)c1ccc(CNC2CC2)cc1Br. The minimum Gasteiger partial charge on any atom is -0.310 e. The molecule has 0 spiro atoms. The second-order valence-corrected chi connectivity index (χ2v) is 8.37. The largest absolute Gasteiger partial charge is 0.310 e. The molecule has 1 aliphatic rings. The van der Waals surface area contributed by atoms with E-state index >= 15 is 0 Å². The molecule has 2 N–H and O–H groups in total. The minimum atomic E-state index is -3.45. The highest BCUT2D eigenvalue weighted by atomic mass is 79.9.